The van der Waals surface area contributed by atoms with Gasteiger partial charge in [-0.1, -0.05) is 42.0 Å². The smallest absolute Gasteiger partial charge is 0.255 e. The molecule has 0 saturated heterocycles. The summed E-state index contributed by atoms with van der Waals surface area (Å²) in [7, 11) is 0. The Morgan fingerprint density at radius 3 is 2.39 bits per heavy atom. The van der Waals surface area contributed by atoms with E-state index in [-0.39, 0.29) is 5.91 Å². The molecule has 1 heterocycles. The number of amides is 1. The van der Waals surface area contributed by atoms with Crippen LogP contribution in [0.15, 0.2) is 83.5 Å². The maximum absolute atomic E-state index is 12.2. The van der Waals surface area contributed by atoms with E-state index in [2.05, 4.69) is 42.3 Å². The number of benzene rings is 3. The van der Waals surface area contributed by atoms with E-state index in [0.29, 0.717) is 11.5 Å². The fourth-order valence-electron chi connectivity index (χ4n) is 3.12. The summed E-state index contributed by atoms with van der Waals surface area (Å²) in [6, 6.07) is 22.9. The first-order valence-corrected chi connectivity index (χ1v) is 9.10. The quantitative estimate of drug-likeness (QED) is 0.489. The highest BCUT2D eigenvalue weighted by molar-refractivity contribution is 6.04. The van der Waals surface area contributed by atoms with Crippen molar-refractivity contribution in [2.45, 2.75) is 13.8 Å². The molecule has 0 spiro atoms. The number of aryl methyl sites for hydroxylation is 2. The molecule has 4 nitrogen and oxygen atoms in total. The van der Waals surface area contributed by atoms with Gasteiger partial charge in [0.25, 0.3) is 5.91 Å². The third kappa shape index (κ3) is 3.71. The fourth-order valence-corrected chi connectivity index (χ4v) is 3.12. The van der Waals surface area contributed by atoms with Crippen molar-refractivity contribution in [3.05, 3.63) is 95.7 Å². The third-order valence-corrected chi connectivity index (χ3v) is 4.59. The highest BCUT2D eigenvalue weighted by atomic mass is 16.3. The number of nitrogens with zero attached hydrogens (tertiary/aromatic N) is 1. The largest absolute Gasteiger partial charge is 0.444 e. The maximum atomic E-state index is 12.2. The van der Waals surface area contributed by atoms with Gasteiger partial charge in [0.15, 0.2) is 0 Å². The number of hydrogen-bond acceptors (Lipinski definition) is 3. The summed E-state index contributed by atoms with van der Waals surface area (Å²) in [6.07, 6.45) is 1.68. The Morgan fingerprint density at radius 2 is 1.68 bits per heavy atom. The van der Waals surface area contributed by atoms with Crippen molar-refractivity contribution in [2.24, 2.45) is 0 Å². The van der Waals surface area contributed by atoms with Gasteiger partial charge in [-0.05, 0) is 55.8 Å². The van der Waals surface area contributed by atoms with E-state index < -0.39 is 0 Å². The van der Waals surface area contributed by atoms with Gasteiger partial charge in [0.05, 0.1) is 0 Å². The lowest BCUT2D eigenvalue weighted by Gasteiger charge is -2.05. The number of carbonyl (C=O) groups excluding carboxylic acids is 1. The Bertz CT molecular complexity index is 1110. The van der Waals surface area contributed by atoms with E-state index in [9.17, 15) is 4.79 Å². The predicted octanol–water partition coefficient (Wildman–Crippen LogP) is 5.88. The number of carbonyl (C=O) groups is 1. The van der Waals surface area contributed by atoms with Crippen LogP contribution in [-0.2, 0) is 0 Å². The normalized spacial score (nSPS) is 10.6. The molecule has 3 aromatic carbocycles. The second-order valence-corrected chi connectivity index (χ2v) is 6.75. The Hall–Kier alpha value is -3.66. The third-order valence-electron chi connectivity index (χ3n) is 4.59. The number of nitrogens with one attached hydrogen (secondary N) is 1. The van der Waals surface area contributed by atoms with Crippen molar-refractivity contribution in [3.8, 4) is 22.7 Å². The standard InChI is InChI=1S/C24H20N2O2/c1-16-8-13-21(17(2)14-16)22-15-28-24(26-22)19-9-11-20(12-10-19)25-23(27)18-6-4-3-5-7-18/h3-15H,1-2H3,(H,25,27). The molecule has 4 aromatic rings. The zero-order valence-electron chi connectivity index (χ0n) is 15.8. The first-order chi connectivity index (χ1) is 13.6. The van der Waals surface area contributed by atoms with Gasteiger partial charge in [0, 0.05) is 22.4 Å². The van der Waals surface area contributed by atoms with Crippen molar-refractivity contribution in [2.75, 3.05) is 5.32 Å². The van der Waals surface area contributed by atoms with Crippen LogP contribution in [-0.4, -0.2) is 10.9 Å². The molecule has 138 valence electrons. The second kappa shape index (κ2) is 7.53. The van der Waals surface area contributed by atoms with Crippen LogP contribution in [0.25, 0.3) is 22.7 Å². The van der Waals surface area contributed by atoms with Crippen LogP contribution >= 0.6 is 0 Å². The molecule has 0 saturated carbocycles. The molecule has 1 amide bonds. The minimum absolute atomic E-state index is 0.137. The average Bonchev–Trinajstić information content (AvgIpc) is 3.19. The van der Waals surface area contributed by atoms with Crippen LogP contribution in [0.3, 0.4) is 0 Å². The summed E-state index contributed by atoms with van der Waals surface area (Å²) in [6.45, 7) is 4.14. The lowest BCUT2D eigenvalue weighted by atomic mass is 10.0. The summed E-state index contributed by atoms with van der Waals surface area (Å²) in [5, 5.41) is 2.89. The van der Waals surface area contributed by atoms with Gasteiger partial charge in [-0.15, -0.1) is 0 Å². The molecular weight excluding hydrogens is 348 g/mol. The Morgan fingerprint density at radius 1 is 0.929 bits per heavy atom. The van der Waals surface area contributed by atoms with Gasteiger partial charge in [-0.25, -0.2) is 4.98 Å². The Balaban J connectivity index is 1.52. The predicted molar refractivity (Wildman–Crippen MR) is 111 cm³/mol. The van der Waals surface area contributed by atoms with Crippen molar-refractivity contribution in [1.29, 1.82) is 0 Å². The van der Waals surface area contributed by atoms with Crippen molar-refractivity contribution >= 4 is 11.6 Å². The monoisotopic (exact) mass is 368 g/mol. The van der Waals surface area contributed by atoms with E-state index >= 15 is 0 Å². The molecule has 4 heteroatoms. The fraction of sp³-hybridized carbons (Fsp3) is 0.0833. The lowest BCUT2D eigenvalue weighted by Crippen LogP contribution is -2.11. The molecule has 0 aliphatic carbocycles. The second-order valence-electron chi connectivity index (χ2n) is 6.75. The molecule has 0 bridgehead atoms. The molecule has 4 rings (SSSR count). The molecule has 1 N–H and O–H groups in total. The molecular formula is C24H20N2O2. The van der Waals surface area contributed by atoms with Gasteiger partial charge in [0.1, 0.15) is 12.0 Å². The molecule has 28 heavy (non-hydrogen) atoms. The molecule has 0 atom stereocenters. The first-order valence-electron chi connectivity index (χ1n) is 9.10. The topological polar surface area (TPSA) is 55.1 Å². The van der Waals surface area contributed by atoms with Gasteiger partial charge < -0.3 is 9.73 Å². The molecule has 0 aliphatic rings. The van der Waals surface area contributed by atoms with Crippen LogP contribution < -0.4 is 5.32 Å². The van der Waals surface area contributed by atoms with E-state index in [1.807, 2.05) is 42.5 Å². The van der Waals surface area contributed by atoms with Crippen LogP contribution in [0, 0.1) is 13.8 Å². The van der Waals surface area contributed by atoms with Gasteiger partial charge in [-0.2, -0.15) is 0 Å². The van der Waals surface area contributed by atoms with E-state index in [0.717, 1.165) is 22.5 Å². The molecule has 0 unspecified atom stereocenters. The summed E-state index contributed by atoms with van der Waals surface area (Å²) >= 11 is 0. The number of oxazole rings is 1. The number of rotatable bonds is 4. The van der Waals surface area contributed by atoms with Crippen LogP contribution in [0.5, 0.6) is 0 Å². The lowest BCUT2D eigenvalue weighted by molar-refractivity contribution is 0.102. The van der Waals surface area contributed by atoms with Gasteiger partial charge >= 0.3 is 0 Å². The van der Waals surface area contributed by atoms with E-state index in [1.54, 1.807) is 18.4 Å². The number of aromatic nitrogens is 1. The number of anilines is 1. The zero-order chi connectivity index (χ0) is 19.5. The minimum Gasteiger partial charge on any atom is -0.444 e. The maximum Gasteiger partial charge on any atom is 0.255 e. The minimum atomic E-state index is -0.137. The van der Waals surface area contributed by atoms with Crippen molar-refractivity contribution in [1.82, 2.24) is 4.98 Å². The van der Waals surface area contributed by atoms with Crippen LogP contribution in [0.1, 0.15) is 21.5 Å². The SMILES string of the molecule is Cc1ccc(-c2coc(-c3ccc(NC(=O)c4ccccc4)cc3)n2)c(C)c1. The average molecular weight is 368 g/mol. The first kappa shape index (κ1) is 17.7. The Kier molecular flexibility index (Phi) is 4.77. The summed E-state index contributed by atoms with van der Waals surface area (Å²) in [5.74, 6) is 0.414. The molecule has 0 radical (unpaired) electrons. The number of hydrogen-bond donors (Lipinski definition) is 1. The Labute approximate surface area is 163 Å². The highest BCUT2D eigenvalue weighted by Crippen LogP contribution is 2.28. The summed E-state index contributed by atoms with van der Waals surface area (Å²) < 4.78 is 5.68. The van der Waals surface area contributed by atoms with Crippen LogP contribution in [0.2, 0.25) is 0 Å². The summed E-state index contributed by atoms with van der Waals surface area (Å²) in [4.78, 5) is 16.9. The molecule has 1 aromatic heterocycles. The van der Waals surface area contributed by atoms with Crippen molar-refractivity contribution < 1.29 is 9.21 Å². The van der Waals surface area contributed by atoms with E-state index in [4.69, 9.17) is 4.42 Å². The molecule has 0 fully saturated rings. The van der Waals surface area contributed by atoms with Crippen molar-refractivity contribution in [3.63, 3.8) is 0 Å². The molecule has 0 aliphatic heterocycles. The summed E-state index contributed by atoms with van der Waals surface area (Å²) in [5.41, 5.74) is 6.46. The highest BCUT2D eigenvalue weighted by Gasteiger charge is 2.11. The van der Waals surface area contributed by atoms with E-state index in [1.165, 1.54) is 11.1 Å². The van der Waals surface area contributed by atoms with Crippen LogP contribution in [0.4, 0.5) is 5.69 Å². The zero-order valence-corrected chi connectivity index (χ0v) is 15.8. The van der Waals surface area contributed by atoms with Gasteiger partial charge in [0.2, 0.25) is 5.89 Å². The van der Waals surface area contributed by atoms with Gasteiger partial charge in [-0.3, -0.25) is 4.79 Å².